The molecule has 0 aromatic rings. The average Bonchev–Trinajstić information content (AvgIpc) is 2.29. The molecule has 4 nitrogen and oxygen atoms in total. The molecule has 96 valence electrons. The van der Waals surface area contributed by atoms with Gasteiger partial charge in [0.1, 0.15) is 0 Å². The van der Waals surface area contributed by atoms with Gasteiger partial charge in [0.25, 0.3) is 0 Å². The molecule has 4 atom stereocenters. The molecule has 4 unspecified atom stereocenters. The van der Waals surface area contributed by atoms with Crippen LogP contribution < -0.4 is 5.32 Å². The van der Waals surface area contributed by atoms with E-state index < -0.39 is 0 Å². The van der Waals surface area contributed by atoms with E-state index in [4.69, 9.17) is 14.2 Å². The third-order valence-electron chi connectivity index (χ3n) is 3.20. The van der Waals surface area contributed by atoms with Gasteiger partial charge in [-0.1, -0.05) is 6.92 Å². The van der Waals surface area contributed by atoms with Crippen molar-refractivity contribution in [1.82, 2.24) is 5.32 Å². The molecule has 0 spiro atoms. The largest absolute Gasteiger partial charge is 0.382 e. The lowest BCUT2D eigenvalue weighted by molar-refractivity contribution is -0.167. The fourth-order valence-corrected chi connectivity index (χ4v) is 1.88. The van der Waals surface area contributed by atoms with Crippen LogP contribution in [0.1, 0.15) is 26.7 Å². The summed E-state index contributed by atoms with van der Waals surface area (Å²) in [4.78, 5) is 0. The lowest BCUT2D eigenvalue weighted by Gasteiger charge is -2.44. The molecular weight excluding hydrogens is 206 g/mol. The van der Waals surface area contributed by atoms with Gasteiger partial charge in [0.05, 0.1) is 31.5 Å². The Hall–Kier alpha value is -0.160. The molecule has 1 saturated carbocycles. The molecule has 4 heteroatoms. The van der Waals surface area contributed by atoms with Gasteiger partial charge in [-0.15, -0.1) is 0 Å². The summed E-state index contributed by atoms with van der Waals surface area (Å²) in [6, 6.07) is 0.422. The summed E-state index contributed by atoms with van der Waals surface area (Å²) in [5.74, 6) is 0. The summed E-state index contributed by atoms with van der Waals surface area (Å²) in [7, 11) is 3.66. The smallest absolute Gasteiger partial charge is 0.0991 e. The fourth-order valence-electron chi connectivity index (χ4n) is 1.88. The molecule has 0 saturated heterocycles. The topological polar surface area (TPSA) is 39.7 Å². The van der Waals surface area contributed by atoms with Crippen molar-refractivity contribution in [3.05, 3.63) is 0 Å². The van der Waals surface area contributed by atoms with Gasteiger partial charge < -0.3 is 19.5 Å². The van der Waals surface area contributed by atoms with Crippen LogP contribution in [0.3, 0.4) is 0 Å². The Morgan fingerprint density at radius 1 is 1.38 bits per heavy atom. The molecule has 1 N–H and O–H groups in total. The van der Waals surface area contributed by atoms with Gasteiger partial charge in [0, 0.05) is 13.2 Å². The van der Waals surface area contributed by atoms with E-state index in [-0.39, 0.29) is 12.2 Å². The maximum Gasteiger partial charge on any atom is 0.0991 e. The number of likely N-dealkylation sites (N-methyl/N-ethyl adjacent to an activating group) is 1. The molecule has 0 heterocycles. The van der Waals surface area contributed by atoms with Gasteiger partial charge >= 0.3 is 0 Å². The molecule has 0 bridgehead atoms. The zero-order valence-corrected chi connectivity index (χ0v) is 10.9. The van der Waals surface area contributed by atoms with Gasteiger partial charge in [-0.05, 0) is 26.8 Å². The van der Waals surface area contributed by atoms with Crippen molar-refractivity contribution in [2.75, 3.05) is 27.4 Å². The van der Waals surface area contributed by atoms with Crippen LogP contribution >= 0.6 is 0 Å². The highest BCUT2D eigenvalue weighted by Gasteiger charge is 2.42. The molecule has 0 aromatic heterocycles. The molecule has 0 amide bonds. The summed E-state index contributed by atoms with van der Waals surface area (Å²) in [5.41, 5.74) is 0. The predicted molar refractivity (Wildman–Crippen MR) is 63.7 cm³/mol. The van der Waals surface area contributed by atoms with Crippen LogP contribution in [-0.2, 0) is 14.2 Å². The van der Waals surface area contributed by atoms with Gasteiger partial charge in [0.2, 0.25) is 0 Å². The number of rotatable bonds is 8. The zero-order valence-electron chi connectivity index (χ0n) is 10.9. The Bertz CT molecular complexity index is 189. The van der Waals surface area contributed by atoms with E-state index in [9.17, 15) is 0 Å². The highest BCUT2D eigenvalue weighted by Crippen LogP contribution is 2.28. The maximum atomic E-state index is 5.91. The summed E-state index contributed by atoms with van der Waals surface area (Å²) in [6.07, 6.45) is 2.82. The van der Waals surface area contributed by atoms with Crippen LogP contribution in [0, 0.1) is 0 Å². The van der Waals surface area contributed by atoms with Crippen LogP contribution in [0.4, 0.5) is 0 Å². The first-order valence-corrected chi connectivity index (χ1v) is 6.16. The van der Waals surface area contributed by atoms with Crippen LogP contribution in [0.5, 0.6) is 0 Å². The zero-order chi connectivity index (χ0) is 12.0. The first kappa shape index (κ1) is 13.9. The van der Waals surface area contributed by atoms with E-state index in [1.807, 2.05) is 7.05 Å². The van der Waals surface area contributed by atoms with E-state index in [0.29, 0.717) is 25.4 Å². The van der Waals surface area contributed by atoms with E-state index in [0.717, 1.165) is 12.8 Å². The normalized spacial score (nSPS) is 31.1. The molecule has 1 aliphatic rings. The van der Waals surface area contributed by atoms with E-state index in [2.05, 4.69) is 19.2 Å². The monoisotopic (exact) mass is 231 g/mol. The fraction of sp³-hybridized carbons (Fsp3) is 1.00. The number of methoxy groups -OCH3 is 1. The second-order valence-electron chi connectivity index (χ2n) is 4.35. The first-order valence-electron chi connectivity index (χ1n) is 6.16. The average molecular weight is 231 g/mol. The number of hydrogen-bond acceptors (Lipinski definition) is 4. The lowest BCUT2D eigenvalue weighted by atomic mass is 9.85. The highest BCUT2D eigenvalue weighted by atomic mass is 16.6. The molecule has 0 aliphatic heterocycles. The van der Waals surface area contributed by atoms with Crippen LogP contribution in [0.2, 0.25) is 0 Å². The minimum absolute atomic E-state index is 0.175. The van der Waals surface area contributed by atoms with Gasteiger partial charge in [0.15, 0.2) is 0 Å². The van der Waals surface area contributed by atoms with E-state index in [1.165, 1.54) is 0 Å². The molecule has 0 aromatic carbocycles. The maximum absolute atomic E-state index is 5.91. The van der Waals surface area contributed by atoms with Crippen molar-refractivity contribution >= 4 is 0 Å². The number of hydrogen-bond donors (Lipinski definition) is 1. The summed E-state index contributed by atoms with van der Waals surface area (Å²) < 4.78 is 16.7. The van der Waals surface area contributed by atoms with E-state index in [1.54, 1.807) is 7.11 Å². The summed E-state index contributed by atoms with van der Waals surface area (Å²) in [5, 5.41) is 3.25. The number of nitrogens with one attached hydrogen (secondary N) is 1. The van der Waals surface area contributed by atoms with Crippen molar-refractivity contribution in [3.8, 4) is 0 Å². The minimum Gasteiger partial charge on any atom is -0.382 e. The predicted octanol–water partition coefficient (Wildman–Crippen LogP) is 1.19. The Morgan fingerprint density at radius 3 is 2.69 bits per heavy atom. The highest BCUT2D eigenvalue weighted by molar-refractivity contribution is 4.96. The second kappa shape index (κ2) is 7.22. The second-order valence-corrected chi connectivity index (χ2v) is 4.35. The summed E-state index contributed by atoms with van der Waals surface area (Å²) in [6.45, 7) is 5.53. The molecule has 1 fully saturated rings. The molecule has 1 rings (SSSR count). The Balaban J connectivity index is 2.29. The Labute approximate surface area is 98.6 Å². The molecule has 1 aliphatic carbocycles. The first-order chi connectivity index (χ1) is 7.72. The van der Waals surface area contributed by atoms with Crippen LogP contribution in [0.25, 0.3) is 0 Å². The molecule has 0 radical (unpaired) electrons. The standard InChI is InChI=1S/C12H25NO3/c1-5-9(2)16-11-8-10(13-3)12(11)15-7-6-14-4/h9-13H,5-8H2,1-4H3. The van der Waals surface area contributed by atoms with Crippen molar-refractivity contribution in [1.29, 1.82) is 0 Å². The van der Waals surface area contributed by atoms with Gasteiger partial charge in [-0.2, -0.15) is 0 Å². The quantitative estimate of drug-likeness (QED) is 0.637. The minimum atomic E-state index is 0.175. The van der Waals surface area contributed by atoms with Crippen LogP contribution in [-0.4, -0.2) is 51.7 Å². The Morgan fingerprint density at radius 2 is 2.12 bits per heavy atom. The van der Waals surface area contributed by atoms with Gasteiger partial charge in [-0.25, -0.2) is 0 Å². The van der Waals surface area contributed by atoms with Crippen LogP contribution in [0.15, 0.2) is 0 Å². The lowest BCUT2D eigenvalue weighted by Crippen LogP contribution is -2.60. The number of ether oxygens (including phenoxy) is 3. The van der Waals surface area contributed by atoms with Crippen molar-refractivity contribution in [3.63, 3.8) is 0 Å². The van der Waals surface area contributed by atoms with E-state index >= 15 is 0 Å². The summed E-state index contributed by atoms with van der Waals surface area (Å²) >= 11 is 0. The molecular formula is C12H25NO3. The van der Waals surface area contributed by atoms with Crippen molar-refractivity contribution in [2.24, 2.45) is 0 Å². The third kappa shape index (κ3) is 3.70. The Kier molecular flexibility index (Phi) is 6.28. The van der Waals surface area contributed by atoms with Gasteiger partial charge in [-0.3, -0.25) is 0 Å². The van der Waals surface area contributed by atoms with Crippen molar-refractivity contribution < 1.29 is 14.2 Å². The SMILES string of the molecule is CCC(C)OC1CC(NC)C1OCCOC. The van der Waals surface area contributed by atoms with Crippen molar-refractivity contribution in [2.45, 2.75) is 51.0 Å². The molecule has 16 heavy (non-hydrogen) atoms. The third-order valence-corrected chi connectivity index (χ3v) is 3.20.